The second kappa shape index (κ2) is 3.98. The van der Waals surface area contributed by atoms with Crippen LogP contribution in [0.15, 0.2) is 30.3 Å². The maximum atomic E-state index is 10.9. The molecule has 1 aromatic rings. The molecule has 2 rings (SSSR count). The molecular formula is C9H9NO3P+. The largest absolute Gasteiger partial charge is 0.717 e. The Morgan fingerprint density at radius 3 is 2.93 bits per heavy atom. The number of hydrogen-bond donors (Lipinski definition) is 1. The first-order valence-electron chi connectivity index (χ1n) is 4.09. The number of rotatable bonds is 3. The molecular weight excluding hydrogens is 201 g/mol. The Labute approximate surface area is 82.2 Å². The van der Waals surface area contributed by atoms with Crippen molar-refractivity contribution in [3.05, 3.63) is 41.5 Å². The van der Waals surface area contributed by atoms with Gasteiger partial charge in [0.25, 0.3) is 0 Å². The van der Waals surface area contributed by atoms with E-state index in [0.717, 1.165) is 11.1 Å². The average Bonchev–Trinajstić information content (AvgIpc) is 2.62. The van der Waals surface area contributed by atoms with Gasteiger partial charge in [0.15, 0.2) is 6.10 Å². The quantitative estimate of drug-likeness (QED) is 0.614. The van der Waals surface area contributed by atoms with E-state index in [0.29, 0.717) is 0 Å². The van der Waals surface area contributed by atoms with E-state index in [1.54, 1.807) is 0 Å². The molecule has 0 heterocycles. The fraction of sp³-hybridized carbons (Fsp3) is 0.111. The van der Waals surface area contributed by atoms with E-state index in [9.17, 15) is 4.57 Å². The molecule has 72 valence electrons. The Balaban J connectivity index is 2.18. The summed E-state index contributed by atoms with van der Waals surface area (Å²) in [5.74, 6) is 4.74. The number of nitrogens with two attached hydrogens (primary N) is 1. The van der Waals surface area contributed by atoms with Crippen LogP contribution in [-0.4, -0.2) is 0 Å². The van der Waals surface area contributed by atoms with Crippen LogP contribution in [0.3, 0.4) is 0 Å². The maximum Gasteiger partial charge on any atom is 0.717 e. The smallest absolute Gasteiger partial charge is 0.162 e. The Bertz CT molecular complexity index is 391. The first-order valence-corrected chi connectivity index (χ1v) is 5.19. The number of fused-ring (bicyclic) bond motifs is 1. The van der Waals surface area contributed by atoms with Crippen molar-refractivity contribution < 1.29 is 13.7 Å². The fourth-order valence-electron chi connectivity index (χ4n) is 1.43. The monoisotopic (exact) mass is 210 g/mol. The zero-order valence-corrected chi connectivity index (χ0v) is 8.19. The third kappa shape index (κ3) is 1.74. The molecule has 14 heavy (non-hydrogen) atoms. The first kappa shape index (κ1) is 9.49. The van der Waals surface area contributed by atoms with Crippen molar-refractivity contribution in [2.45, 2.75) is 6.10 Å². The summed E-state index contributed by atoms with van der Waals surface area (Å²) in [5.41, 5.74) is 2.05. The molecule has 0 saturated heterocycles. The number of benzene rings is 1. The van der Waals surface area contributed by atoms with Crippen LogP contribution >= 0.6 is 8.25 Å². The summed E-state index contributed by atoms with van der Waals surface area (Å²) in [6, 6.07) is 7.72. The van der Waals surface area contributed by atoms with Crippen LogP contribution in [0.2, 0.25) is 0 Å². The van der Waals surface area contributed by atoms with Crippen molar-refractivity contribution in [1.29, 1.82) is 0 Å². The van der Waals surface area contributed by atoms with Crippen LogP contribution in [0.5, 0.6) is 0 Å². The lowest BCUT2D eigenvalue weighted by Gasteiger charge is -2.02. The third-order valence-corrected chi connectivity index (χ3v) is 2.61. The summed E-state index contributed by atoms with van der Waals surface area (Å²) in [6.07, 6.45) is 3.41. The Kier molecular flexibility index (Phi) is 2.70. The molecule has 0 radical (unpaired) electrons. The van der Waals surface area contributed by atoms with E-state index in [4.69, 9.17) is 10.4 Å². The van der Waals surface area contributed by atoms with Crippen LogP contribution in [0.25, 0.3) is 6.08 Å². The van der Waals surface area contributed by atoms with Crippen molar-refractivity contribution in [1.82, 2.24) is 0 Å². The van der Waals surface area contributed by atoms with Gasteiger partial charge in [-0.3, -0.25) is 0 Å². The van der Waals surface area contributed by atoms with Gasteiger partial charge in [0, 0.05) is 4.57 Å². The summed E-state index contributed by atoms with van der Waals surface area (Å²) in [7, 11) is -2.24. The lowest BCUT2D eigenvalue weighted by molar-refractivity contribution is 0.198. The third-order valence-electron chi connectivity index (χ3n) is 2.04. The van der Waals surface area contributed by atoms with E-state index in [1.165, 1.54) is 0 Å². The van der Waals surface area contributed by atoms with Crippen LogP contribution < -0.4 is 5.90 Å². The summed E-state index contributed by atoms with van der Waals surface area (Å²) in [5, 5.41) is 0. The van der Waals surface area contributed by atoms with Gasteiger partial charge < -0.3 is 0 Å². The van der Waals surface area contributed by atoms with E-state index < -0.39 is 8.25 Å². The first-order chi connectivity index (χ1) is 6.81. The van der Waals surface area contributed by atoms with Crippen molar-refractivity contribution >= 4 is 14.3 Å². The Morgan fingerprint density at radius 1 is 1.36 bits per heavy atom. The minimum absolute atomic E-state index is 0.321. The molecule has 1 aromatic carbocycles. The summed E-state index contributed by atoms with van der Waals surface area (Å²) < 4.78 is 20.1. The molecule has 5 heteroatoms. The van der Waals surface area contributed by atoms with Gasteiger partial charge in [-0.1, -0.05) is 30.3 Å². The van der Waals surface area contributed by atoms with E-state index in [-0.39, 0.29) is 6.10 Å². The molecule has 1 aliphatic carbocycles. The van der Waals surface area contributed by atoms with Gasteiger partial charge in [-0.2, -0.15) is 5.90 Å². The van der Waals surface area contributed by atoms with Crippen molar-refractivity contribution in [2.24, 2.45) is 5.90 Å². The SMILES string of the molecule is NO[P+](=O)OC1C=Cc2ccccc21. The fourth-order valence-corrected chi connectivity index (χ4v) is 1.84. The lowest BCUT2D eigenvalue weighted by Crippen LogP contribution is -1.97. The molecule has 0 saturated carbocycles. The molecule has 0 fully saturated rings. The minimum Gasteiger partial charge on any atom is -0.162 e. The molecule has 0 spiro atoms. The van der Waals surface area contributed by atoms with Gasteiger partial charge in [-0.25, -0.2) is 0 Å². The van der Waals surface area contributed by atoms with Gasteiger partial charge in [0.2, 0.25) is 0 Å². The highest BCUT2D eigenvalue weighted by Crippen LogP contribution is 2.37. The second-order valence-electron chi connectivity index (χ2n) is 2.84. The zero-order chi connectivity index (χ0) is 9.97. The van der Waals surface area contributed by atoms with Crippen LogP contribution in [0, 0.1) is 0 Å². The predicted molar refractivity (Wildman–Crippen MR) is 52.2 cm³/mol. The molecule has 0 aliphatic heterocycles. The van der Waals surface area contributed by atoms with Gasteiger partial charge in [-0.15, -0.1) is 4.52 Å². The van der Waals surface area contributed by atoms with Gasteiger partial charge in [0.05, 0.1) is 0 Å². The van der Waals surface area contributed by atoms with Crippen molar-refractivity contribution in [3.63, 3.8) is 0 Å². The second-order valence-corrected chi connectivity index (χ2v) is 3.71. The molecule has 0 bridgehead atoms. The molecule has 2 unspecified atom stereocenters. The highest BCUT2D eigenvalue weighted by atomic mass is 31.1. The molecule has 0 amide bonds. The summed E-state index contributed by atoms with van der Waals surface area (Å²) >= 11 is 0. The van der Waals surface area contributed by atoms with E-state index in [1.807, 2.05) is 36.4 Å². The molecule has 2 atom stereocenters. The van der Waals surface area contributed by atoms with Crippen molar-refractivity contribution in [2.75, 3.05) is 0 Å². The van der Waals surface area contributed by atoms with Gasteiger partial charge in [0.1, 0.15) is 0 Å². The normalized spacial score (nSPS) is 19.5. The Hall–Kier alpha value is -1.06. The Morgan fingerprint density at radius 2 is 2.14 bits per heavy atom. The highest BCUT2D eigenvalue weighted by molar-refractivity contribution is 7.33. The van der Waals surface area contributed by atoms with Crippen molar-refractivity contribution in [3.8, 4) is 0 Å². The van der Waals surface area contributed by atoms with Gasteiger partial charge in [-0.05, 0) is 21.8 Å². The molecule has 0 aromatic heterocycles. The average molecular weight is 210 g/mol. The van der Waals surface area contributed by atoms with Crippen LogP contribution in [0.1, 0.15) is 17.2 Å². The van der Waals surface area contributed by atoms with E-state index in [2.05, 4.69) is 4.62 Å². The van der Waals surface area contributed by atoms with Gasteiger partial charge >= 0.3 is 8.25 Å². The number of hydrogen-bond acceptors (Lipinski definition) is 4. The highest BCUT2D eigenvalue weighted by Gasteiger charge is 2.29. The molecule has 2 N–H and O–H groups in total. The predicted octanol–water partition coefficient (Wildman–Crippen LogP) is 2.32. The molecule has 1 aliphatic rings. The minimum atomic E-state index is -2.24. The summed E-state index contributed by atoms with van der Waals surface area (Å²) in [6.45, 7) is 0. The maximum absolute atomic E-state index is 10.9. The lowest BCUT2D eigenvalue weighted by atomic mass is 10.1. The van der Waals surface area contributed by atoms with E-state index >= 15 is 0 Å². The zero-order valence-electron chi connectivity index (χ0n) is 7.29. The topological polar surface area (TPSA) is 61.5 Å². The summed E-state index contributed by atoms with van der Waals surface area (Å²) in [4.78, 5) is 0. The molecule has 4 nitrogen and oxygen atoms in total. The standard InChI is InChI=1S/C9H9NO3P/c10-13-14(11)12-9-6-5-7-3-1-2-4-8(7)9/h1-6,9H,10H2/q+1. The van der Waals surface area contributed by atoms with Crippen LogP contribution in [0.4, 0.5) is 0 Å². The van der Waals surface area contributed by atoms with Crippen LogP contribution in [-0.2, 0) is 13.7 Å².